The van der Waals surface area contributed by atoms with Crippen LogP contribution >= 0.6 is 0 Å². The van der Waals surface area contributed by atoms with Gasteiger partial charge in [-0.05, 0) is 25.1 Å². The Kier molecular flexibility index (Phi) is 5.12. The summed E-state index contributed by atoms with van der Waals surface area (Å²) in [6.45, 7) is 5.71. The highest BCUT2D eigenvalue weighted by Crippen LogP contribution is 2.20. The predicted octanol–water partition coefficient (Wildman–Crippen LogP) is 3.64. The summed E-state index contributed by atoms with van der Waals surface area (Å²) in [4.78, 5) is 0. The maximum atomic E-state index is 12.5. The average Bonchev–Trinajstić information content (AvgIpc) is 2.26. The molecule has 0 atom stereocenters. The molecule has 0 aliphatic rings. The number of benzene rings is 1. The molecule has 0 aliphatic heterocycles. The van der Waals surface area contributed by atoms with Gasteiger partial charge < -0.3 is 5.32 Å². The van der Waals surface area contributed by atoms with E-state index in [0.29, 0.717) is 0 Å². The number of rotatable bonds is 5. The Morgan fingerprint density at radius 2 is 2.19 bits per heavy atom. The van der Waals surface area contributed by atoms with Crippen LogP contribution in [0.5, 0.6) is 0 Å². The van der Waals surface area contributed by atoms with Crippen molar-refractivity contribution < 1.29 is 8.78 Å². The maximum absolute atomic E-state index is 12.5. The molecule has 88 valence electrons. The van der Waals surface area contributed by atoms with Crippen LogP contribution in [-0.2, 0) is 0 Å². The third-order valence-corrected chi connectivity index (χ3v) is 2.23. The minimum Gasteiger partial charge on any atom is -0.313 e. The van der Waals surface area contributed by atoms with Gasteiger partial charge in [-0.15, -0.1) is 0 Å². The standard InChI is InChI=1S/C13H17F2N/c1-3-16-9-10(2)7-11-5-4-6-12(8-11)13(14)15/h4-8,13,16H,3,9H2,1-2H3/b10-7+. The first kappa shape index (κ1) is 12.8. The lowest BCUT2D eigenvalue weighted by Gasteiger charge is -2.04. The molecule has 16 heavy (non-hydrogen) atoms. The van der Waals surface area contributed by atoms with Crippen molar-refractivity contribution in [2.24, 2.45) is 0 Å². The minimum atomic E-state index is -2.40. The molecule has 0 amide bonds. The Morgan fingerprint density at radius 1 is 1.44 bits per heavy atom. The fourth-order valence-electron chi connectivity index (χ4n) is 1.44. The smallest absolute Gasteiger partial charge is 0.263 e. The van der Waals surface area contributed by atoms with Crippen molar-refractivity contribution in [3.63, 3.8) is 0 Å². The van der Waals surface area contributed by atoms with E-state index in [1.807, 2.05) is 26.0 Å². The summed E-state index contributed by atoms with van der Waals surface area (Å²) in [6, 6.07) is 6.47. The van der Waals surface area contributed by atoms with Gasteiger partial charge in [0.2, 0.25) is 0 Å². The Balaban J connectivity index is 2.76. The van der Waals surface area contributed by atoms with Gasteiger partial charge in [0.25, 0.3) is 6.43 Å². The molecule has 0 unspecified atom stereocenters. The van der Waals surface area contributed by atoms with Gasteiger partial charge in [-0.3, -0.25) is 0 Å². The van der Waals surface area contributed by atoms with Crippen LogP contribution in [0.25, 0.3) is 6.08 Å². The van der Waals surface area contributed by atoms with E-state index in [1.165, 1.54) is 12.1 Å². The molecule has 0 saturated heterocycles. The number of hydrogen-bond acceptors (Lipinski definition) is 1. The van der Waals surface area contributed by atoms with Crippen molar-refractivity contribution in [2.75, 3.05) is 13.1 Å². The van der Waals surface area contributed by atoms with E-state index in [1.54, 1.807) is 6.07 Å². The van der Waals surface area contributed by atoms with E-state index in [-0.39, 0.29) is 5.56 Å². The van der Waals surface area contributed by atoms with Gasteiger partial charge in [0, 0.05) is 12.1 Å². The molecule has 1 aromatic rings. The monoisotopic (exact) mass is 225 g/mol. The Hall–Kier alpha value is -1.22. The summed E-state index contributed by atoms with van der Waals surface area (Å²) in [7, 11) is 0. The first-order valence-corrected chi connectivity index (χ1v) is 5.39. The molecule has 0 saturated carbocycles. The summed E-state index contributed by atoms with van der Waals surface area (Å²) in [6.07, 6.45) is -0.475. The fourth-order valence-corrected chi connectivity index (χ4v) is 1.44. The highest BCUT2D eigenvalue weighted by atomic mass is 19.3. The largest absolute Gasteiger partial charge is 0.313 e. The molecule has 0 fully saturated rings. The van der Waals surface area contributed by atoms with Crippen molar-refractivity contribution in [2.45, 2.75) is 20.3 Å². The second-order valence-electron chi connectivity index (χ2n) is 3.74. The van der Waals surface area contributed by atoms with E-state index >= 15 is 0 Å². The van der Waals surface area contributed by atoms with Gasteiger partial charge in [0.1, 0.15) is 0 Å². The van der Waals surface area contributed by atoms with Crippen LogP contribution in [0, 0.1) is 0 Å². The highest BCUT2D eigenvalue weighted by Gasteiger charge is 2.05. The van der Waals surface area contributed by atoms with Crippen LogP contribution in [0.4, 0.5) is 8.78 Å². The average molecular weight is 225 g/mol. The molecule has 3 heteroatoms. The summed E-state index contributed by atoms with van der Waals surface area (Å²) in [5, 5.41) is 3.19. The second kappa shape index (κ2) is 6.38. The molecule has 0 bridgehead atoms. The zero-order valence-electron chi connectivity index (χ0n) is 9.63. The molecule has 1 rings (SSSR count). The molecular formula is C13H17F2N. The van der Waals surface area contributed by atoms with Crippen LogP contribution in [-0.4, -0.2) is 13.1 Å². The maximum Gasteiger partial charge on any atom is 0.263 e. The van der Waals surface area contributed by atoms with Crippen LogP contribution < -0.4 is 5.32 Å². The summed E-state index contributed by atoms with van der Waals surface area (Å²) in [5.41, 5.74) is 2.03. The summed E-state index contributed by atoms with van der Waals surface area (Å²) < 4.78 is 24.9. The van der Waals surface area contributed by atoms with Gasteiger partial charge in [0.05, 0.1) is 0 Å². The van der Waals surface area contributed by atoms with E-state index in [4.69, 9.17) is 0 Å². The molecule has 1 nitrogen and oxygen atoms in total. The van der Waals surface area contributed by atoms with Crippen LogP contribution in [0.3, 0.4) is 0 Å². The second-order valence-corrected chi connectivity index (χ2v) is 3.74. The van der Waals surface area contributed by atoms with E-state index < -0.39 is 6.43 Å². The molecule has 0 spiro atoms. The van der Waals surface area contributed by atoms with Gasteiger partial charge in [-0.25, -0.2) is 8.78 Å². The lowest BCUT2D eigenvalue weighted by Crippen LogP contribution is -2.14. The summed E-state index contributed by atoms with van der Waals surface area (Å²) in [5.74, 6) is 0. The number of likely N-dealkylation sites (N-methyl/N-ethyl adjacent to an activating group) is 1. The first-order valence-electron chi connectivity index (χ1n) is 5.39. The van der Waals surface area contributed by atoms with Crippen molar-refractivity contribution in [1.29, 1.82) is 0 Å². The molecular weight excluding hydrogens is 208 g/mol. The zero-order valence-corrected chi connectivity index (χ0v) is 9.63. The van der Waals surface area contributed by atoms with Crippen LogP contribution in [0.1, 0.15) is 31.4 Å². The number of halogens is 2. The quantitative estimate of drug-likeness (QED) is 0.806. The lowest BCUT2D eigenvalue weighted by atomic mass is 10.1. The van der Waals surface area contributed by atoms with Crippen molar-refractivity contribution in [3.05, 3.63) is 41.0 Å². The third-order valence-electron chi connectivity index (χ3n) is 2.23. The van der Waals surface area contributed by atoms with Crippen LogP contribution in [0.2, 0.25) is 0 Å². The molecule has 0 heterocycles. The predicted molar refractivity (Wildman–Crippen MR) is 63.6 cm³/mol. The molecule has 0 radical (unpaired) electrons. The van der Waals surface area contributed by atoms with Crippen molar-refractivity contribution in [3.8, 4) is 0 Å². The van der Waals surface area contributed by atoms with Crippen molar-refractivity contribution >= 4 is 6.08 Å². The van der Waals surface area contributed by atoms with Gasteiger partial charge in [-0.2, -0.15) is 0 Å². The third kappa shape index (κ3) is 4.11. The number of nitrogens with one attached hydrogen (secondary N) is 1. The first-order chi connectivity index (χ1) is 7.63. The molecule has 1 N–H and O–H groups in total. The summed E-state index contributed by atoms with van der Waals surface area (Å²) >= 11 is 0. The van der Waals surface area contributed by atoms with Gasteiger partial charge in [-0.1, -0.05) is 36.8 Å². The van der Waals surface area contributed by atoms with E-state index in [2.05, 4.69) is 5.32 Å². The normalized spacial score (nSPS) is 12.2. The topological polar surface area (TPSA) is 12.0 Å². The Labute approximate surface area is 95.2 Å². The van der Waals surface area contributed by atoms with Crippen LogP contribution in [0.15, 0.2) is 29.8 Å². The Morgan fingerprint density at radius 3 is 2.81 bits per heavy atom. The van der Waals surface area contributed by atoms with Gasteiger partial charge in [0.15, 0.2) is 0 Å². The number of hydrogen-bond donors (Lipinski definition) is 1. The van der Waals surface area contributed by atoms with Gasteiger partial charge >= 0.3 is 0 Å². The fraction of sp³-hybridized carbons (Fsp3) is 0.385. The van der Waals surface area contributed by atoms with E-state index in [9.17, 15) is 8.78 Å². The molecule has 0 aromatic heterocycles. The van der Waals surface area contributed by atoms with Crippen molar-refractivity contribution in [1.82, 2.24) is 5.32 Å². The Bertz CT molecular complexity index is 359. The van der Waals surface area contributed by atoms with E-state index in [0.717, 1.165) is 24.2 Å². The lowest BCUT2D eigenvalue weighted by molar-refractivity contribution is 0.151. The SMILES string of the molecule is CCNC/C(C)=C/c1cccc(C(F)F)c1. The highest BCUT2D eigenvalue weighted by molar-refractivity contribution is 5.53. The molecule has 1 aromatic carbocycles. The zero-order chi connectivity index (χ0) is 12.0. The molecule has 0 aliphatic carbocycles. The minimum absolute atomic E-state index is 0.0741. The number of alkyl halides is 2.